The topological polar surface area (TPSA) is 38.9 Å². The highest BCUT2D eigenvalue weighted by Crippen LogP contribution is 2.36. The van der Waals surface area contributed by atoms with Gasteiger partial charge in [0, 0.05) is 16.1 Å². The predicted molar refractivity (Wildman–Crippen MR) is 69.3 cm³/mol. The number of halogens is 4. The number of benzene rings is 1. The molecule has 0 radical (unpaired) electrons. The first-order valence-corrected chi connectivity index (χ1v) is 6.53. The second-order valence-corrected chi connectivity index (χ2v) is 5.46. The molecule has 1 unspecified atom stereocenters. The maximum absolute atomic E-state index is 12.5. The summed E-state index contributed by atoms with van der Waals surface area (Å²) in [6.07, 6.45) is -3.30. The maximum Gasteiger partial charge on any atom is 0.443 e. The third-order valence-electron chi connectivity index (χ3n) is 2.63. The van der Waals surface area contributed by atoms with Crippen molar-refractivity contribution in [3.8, 4) is 0 Å². The van der Waals surface area contributed by atoms with Crippen molar-refractivity contribution in [2.24, 2.45) is 5.73 Å². The summed E-state index contributed by atoms with van der Waals surface area (Å²) in [5.41, 5.74) is 7.39. The average Bonchev–Trinajstić information content (AvgIpc) is 2.81. The van der Waals surface area contributed by atoms with Gasteiger partial charge in [-0.3, -0.25) is 0 Å². The van der Waals surface area contributed by atoms with Crippen LogP contribution in [0, 0.1) is 6.92 Å². The lowest BCUT2D eigenvalue weighted by molar-refractivity contribution is -0.137. The zero-order valence-electron chi connectivity index (χ0n) is 9.83. The van der Waals surface area contributed by atoms with E-state index in [1.165, 1.54) is 0 Å². The van der Waals surface area contributed by atoms with Gasteiger partial charge in [-0.1, -0.05) is 29.8 Å². The molecular formula is C12H10ClF3N2S. The van der Waals surface area contributed by atoms with Gasteiger partial charge in [0.25, 0.3) is 0 Å². The van der Waals surface area contributed by atoms with E-state index in [2.05, 4.69) is 4.98 Å². The molecule has 2 nitrogen and oxygen atoms in total. The third-order valence-corrected chi connectivity index (χ3v) is 4.27. The summed E-state index contributed by atoms with van der Waals surface area (Å²) < 4.78 is 37.5. The molecule has 0 saturated carbocycles. The van der Waals surface area contributed by atoms with Crippen molar-refractivity contribution in [2.45, 2.75) is 19.1 Å². The van der Waals surface area contributed by atoms with E-state index in [1.54, 1.807) is 12.1 Å². The van der Waals surface area contributed by atoms with E-state index >= 15 is 0 Å². The van der Waals surface area contributed by atoms with Crippen molar-refractivity contribution in [2.75, 3.05) is 0 Å². The van der Waals surface area contributed by atoms with Crippen LogP contribution in [0.1, 0.15) is 27.1 Å². The molecule has 0 bridgehead atoms. The molecule has 1 aromatic carbocycles. The first-order valence-electron chi connectivity index (χ1n) is 5.34. The van der Waals surface area contributed by atoms with Crippen LogP contribution >= 0.6 is 22.9 Å². The Kier molecular flexibility index (Phi) is 3.85. The minimum Gasteiger partial charge on any atom is -0.320 e. The smallest absolute Gasteiger partial charge is 0.320 e. The standard InChI is InChI=1S/C12H10ClF3N2S/c1-6-3-2-4-7(9(6)13)10(17)8-5-18-11(19-8)12(14,15)16/h2-5,10H,17H2,1H3. The molecule has 102 valence electrons. The second kappa shape index (κ2) is 5.11. The van der Waals surface area contributed by atoms with Crippen LogP contribution in [0.25, 0.3) is 0 Å². The fourth-order valence-electron chi connectivity index (χ4n) is 1.62. The Morgan fingerprint density at radius 2 is 2.05 bits per heavy atom. The van der Waals surface area contributed by atoms with Crippen molar-refractivity contribution in [3.63, 3.8) is 0 Å². The van der Waals surface area contributed by atoms with Gasteiger partial charge in [-0.2, -0.15) is 13.2 Å². The van der Waals surface area contributed by atoms with E-state index in [4.69, 9.17) is 17.3 Å². The average molecular weight is 307 g/mol. The number of hydrogen-bond donors (Lipinski definition) is 1. The van der Waals surface area contributed by atoms with Crippen molar-refractivity contribution < 1.29 is 13.2 Å². The molecule has 1 atom stereocenters. The van der Waals surface area contributed by atoms with Crippen LogP contribution in [0.4, 0.5) is 13.2 Å². The van der Waals surface area contributed by atoms with Gasteiger partial charge in [0.1, 0.15) is 0 Å². The van der Waals surface area contributed by atoms with Crippen LogP contribution in [-0.2, 0) is 6.18 Å². The monoisotopic (exact) mass is 306 g/mol. The molecule has 1 heterocycles. The molecule has 0 spiro atoms. The fraction of sp³-hybridized carbons (Fsp3) is 0.250. The molecule has 0 aliphatic rings. The van der Waals surface area contributed by atoms with Gasteiger partial charge in [0.05, 0.1) is 6.04 Å². The Morgan fingerprint density at radius 1 is 1.37 bits per heavy atom. The van der Waals surface area contributed by atoms with E-state index in [0.717, 1.165) is 11.8 Å². The number of rotatable bonds is 2. The lowest BCUT2D eigenvalue weighted by Crippen LogP contribution is -2.11. The summed E-state index contributed by atoms with van der Waals surface area (Å²) >= 11 is 6.65. The highest BCUT2D eigenvalue weighted by molar-refractivity contribution is 7.11. The van der Waals surface area contributed by atoms with Crippen LogP contribution in [0.15, 0.2) is 24.4 Å². The normalized spacial score (nSPS) is 13.6. The molecule has 1 aromatic heterocycles. The number of aryl methyl sites for hydroxylation is 1. The van der Waals surface area contributed by atoms with E-state index in [0.29, 0.717) is 26.8 Å². The second-order valence-electron chi connectivity index (χ2n) is 4.02. The number of nitrogens with two attached hydrogens (primary N) is 1. The summed E-state index contributed by atoms with van der Waals surface area (Å²) in [4.78, 5) is 3.69. The van der Waals surface area contributed by atoms with Gasteiger partial charge in [-0.25, -0.2) is 4.98 Å². The van der Waals surface area contributed by atoms with E-state index < -0.39 is 17.2 Å². The summed E-state index contributed by atoms with van der Waals surface area (Å²) in [5.74, 6) is 0. The Bertz CT molecular complexity index is 595. The fourth-order valence-corrected chi connectivity index (χ4v) is 2.67. The van der Waals surface area contributed by atoms with Gasteiger partial charge in [0.15, 0.2) is 5.01 Å². The summed E-state index contributed by atoms with van der Waals surface area (Å²) in [6.45, 7) is 1.81. The number of aromatic nitrogens is 1. The number of hydrogen-bond acceptors (Lipinski definition) is 3. The van der Waals surface area contributed by atoms with Gasteiger partial charge in [-0.15, -0.1) is 11.3 Å². The van der Waals surface area contributed by atoms with Gasteiger partial charge >= 0.3 is 6.18 Å². The zero-order chi connectivity index (χ0) is 14.2. The van der Waals surface area contributed by atoms with Crippen molar-refractivity contribution in [1.29, 1.82) is 0 Å². The molecular weight excluding hydrogens is 297 g/mol. The van der Waals surface area contributed by atoms with Crippen molar-refractivity contribution >= 4 is 22.9 Å². The largest absolute Gasteiger partial charge is 0.443 e. The molecule has 19 heavy (non-hydrogen) atoms. The molecule has 0 fully saturated rings. The lowest BCUT2D eigenvalue weighted by atomic mass is 10.0. The minimum atomic E-state index is -4.45. The Labute approximate surface area is 117 Å². The molecule has 0 aliphatic heterocycles. The molecule has 7 heteroatoms. The summed E-state index contributed by atoms with van der Waals surface area (Å²) in [5, 5.41) is -0.432. The molecule has 2 N–H and O–H groups in total. The lowest BCUT2D eigenvalue weighted by Gasteiger charge is -2.13. The highest BCUT2D eigenvalue weighted by atomic mass is 35.5. The van der Waals surface area contributed by atoms with E-state index in [9.17, 15) is 13.2 Å². The number of alkyl halides is 3. The summed E-state index contributed by atoms with van der Waals surface area (Å²) in [6, 6.07) is 4.57. The summed E-state index contributed by atoms with van der Waals surface area (Å²) in [7, 11) is 0. The Morgan fingerprint density at radius 3 is 2.63 bits per heavy atom. The number of nitrogens with zero attached hydrogens (tertiary/aromatic N) is 1. The van der Waals surface area contributed by atoms with E-state index in [1.807, 2.05) is 13.0 Å². The van der Waals surface area contributed by atoms with E-state index in [-0.39, 0.29) is 0 Å². The van der Waals surface area contributed by atoms with Gasteiger partial charge in [-0.05, 0) is 18.1 Å². The maximum atomic E-state index is 12.5. The molecule has 0 aliphatic carbocycles. The van der Waals surface area contributed by atoms with Crippen LogP contribution in [0.2, 0.25) is 5.02 Å². The van der Waals surface area contributed by atoms with Crippen LogP contribution in [-0.4, -0.2) is 4.98 Å². The zero-order valence-corrected chi connectivity index (χ0v) is 11.4. The highest BCUT2D eigenvalue weighted by Gasteiger charge is 2.35. The molecule has 0 amide bonds. The van der Waals surface area contributed by atoms with Gasteiger partial charge < -0.3 is 5.73 Å². The first-order chi connectivity index (χ1) is 8.80. The quantitative estimate of drug-likeness (QED) is 0.904. The molecule has 2 rings (SSSR count). The van der Waals surface area contributed by atoms with Crippen LogP contribution in [0.3, 0.4) is 0 Å². The Hall–Kier alpha value is -1.11. The SMILES string of the molecule is Cc1cccc(C(N)c2cnc(C(F)(F)F)s2)c1Cl. The minimum absolute atomic E-state index is 0.333. The predicted octanol–water partition coefficient (Wildman–Crippen LogP) is 4.17. The van der Waals surface area contributed by atoms with Crippen molar-refractivity contribution in [1.82, 2.24) is 4.98 Å². The molecule has 2 aromatic rings. The van der Waals surface area contributed by atoms with Crippen molar-refractivity contribution in [3.05, 3.63) is 50.4 Å². The van der Waals surface area contributed by atoms with Gasteiger partial charge in [0.2, 0.25) is 0 Å². The first kappa shape index (κ1) is 14.3. The van der Waals surface area contributed by atoms with Crippen LogP contribution in [0.5, 0.6) is 0 Å². The molecule has 0 saturated heterocycles. The third kappa shape index (κ3) is 2.91. The number of thiazole rings is 1. The Balaban J connectivity index is 2.37. The van der Waals surface area contributed by atoms with Crippen LogP contribution < -0.4 is 5.73 Å².